The molecule has 0 aliphatic heterocycles. The van der Waals surface area contributed by atoms with Crippen LogP contribution in [0.2, 0.25) is 0 Å². The number of nitrogens with one attached hydrogen (secondary N) is 1. The van der Waals surface area contributed by atoms with Crippen molar-refractivity contribution >= 4 is 13.4 Å². The van der Waals surface area contributed by atoms with Gasteiger partial charge in [0.15, 0.2) is 0 Å². The molecule has 0 aromatic heterocycles. The molecule has 4 nitrogen and oxygen atoms in total. The molecule has 1 N–H and O–H groups in total. The predicted octanol–water partition coefficient (Wildman–Crippen LogP) is 5.15. The van der Waals surface area contributed by atoms with E-state index in [2.05, 4.69) is 5.09 Å². The molecule has 0 aliphatic rings. The van der Waals surface area contributed by atoms with Crippen molar-refractivity contribution in [3.05, 3.63) is 29.8 Å². The maximum atomic E-state index is 13.0. The Balaban J connectivity index is 3.06. The summed E-state index contributed by atoms with van der Waals surface area (Å²) < 4.78 is 24.4. The van der Waals surface area contributed by atoms with Crippen molar-refractivity contribution < 1.29 is 13.6 Å². The van der Waals surface area contributed by atoms with E-state index < -0.39 is 18.9 Å². The molecule has 0 amide bonds. The van der Waals surface area contributed by atoms with Gasteiger partial charge in [0, 0.05) is 5.69 Å². The minimum absolute atomic E-state index is 0.573. The maximum absolute atomic E-state index is 13.0. The lowest BCUT2D eigenvalue weighted by molar-refractivity contribution is 0.0518. The van der Waals surface area contributed by atoms with Gasteiger partial charge in [0.05, 0.1) is 11.2 Å². The maximum Gasteiger partial charge on any atom is 0.433 e. The first-order valence-electron chi connectivity index (χ1n) is 6.76. The summed E-state index contributed by atoms with van der Waals surface area (Å²) in [7, 11) is -3.46. The molecule has 114 valence electrons. The topological polar surface area (TPSA) is 47.6 Å². The third-order valence-corrected chi connectivity index (χ3v) is 4.28. The van der Waals surface area contributed by atoms with Crippen molar-refractivity contribution in [2.45, 2.75) is 59.7 Å². The Labute approximate surface area is 122 Å². The summed E-state index contributed by atoms with van der Waals surface area (Å²) in [6.45, 7) is 13.1. The van der Waals surface area contributed by atoms with Gasteiger partial charge >= 0.3 is 7.75 Å². The summed E-state index contributed by atoms with van der Waals surface area (Å²) in [5.74, 6) is 0. The van der Waals surface area contributed by atoms with E-state index in [-0.39, 0.29) is 0 Å². The van der Waals surface area contributed by atoms with Crippen LogP contribution in [0.15, 0.2) is 24.3 Å². The van der Waals surface area contributed by atoms with Gasteiger partial charge in [0.2, 0.25) is 0 Å². The van der Waals surface area contributed by atoms with Crippen LogP contribution in [0.3, 0.4) is 0 Å². The van der Waals surface area contributed by atoms with Crippen LogP contribution in [0.4, 0.5) is 5.69 Å². The minimum atomic E-state index is -3.46. The highest BCUT2D eigenvalue weighted by Crippen LogP contribution is 2.54. The fraction of sp³-hybridized carbons (Fsp3) is 0.600. The average molecular weight is 299 g/mol. The van der Waals surface area contributed by atoms with Crippen molar-refractivity contribution in [3.8, 4) is 0 Å². The third kappa shape index (κ3) is 6.08. The van der Waals surface area contributed by atoms with E-state index in [1.807, 2.05) is 72.7 Å². The van der Waals surface area contributed by atoms with Crippen molar-refractivity contribution in [2.24, 2.45) is 0 Å². The predicted molar refractivity (Wildman–Crippen MR) is 84.1 cm³/mol. The van der Waals surface area contributed by atoms with E-state index in [0.29, 0.717) is 0 Å². The second-order valence-electron chi connectivity index (χ2n) is 6.83. The molecule has 1 aromatic carbocycles. The normalized spacial score (nSPS) is 13.3. The van der Waals surface area contributed by atoms with Gasteiger partial charge in [-0.3, -0.25) is 14.1 Å². The lowest BCUT2D eigenvalue weighted by Gasteiger charge is -2.32. The van der Waals surface area contributed by atoms with Crippen LogP contribution in [0.5, 0.6) is 0 Å². The summed E-state index contributed by atoms with van der Waals surface area (Å²) in [6.07, 6.45) is 0. The van der Waals surface area contributed by atoms with Gasteiger partial charge in [0.25, 0.3) is 0 Å². The van der Waals surface area contributed by atoms with Gasteiger partial charge in [-0.05, 0) is 60.1 Å². The van der Waals surface area contributed by atoms with Gasteiger partial charge in [-0.15, -0.1) is 0 Å². The summed E-state index contributed by atoms with van der Waals surface area (Å²) in [5, 5.41) is 2.95. The standard InChI is InChI=1S/C15H26NO3P/c1-12-10-8-9-11-13(12)16-20(17,18-14(2,3)4)19-15(5,6)7/h8-11H,1-7H3,(H,16,17). The highest BCUT2D eigenvalue weighted by Gasteiger charge is 2.35. The van der Waals surface area contributed by atoms with E-state index in [0.717, 1.165) is 11.3 Å². The van der Waals surface area contributed by atoms with Gasteiger partial charge in [-0.2, -0.15) is 0 Å². The van der Waals surface area contributed by atoms with Gasteiger partial charge in [0.1, 0.15) is 0 Å². The SMILES string of the molecule is Cc1ccccc1NP(=O)(OC(C)(C)C)OC(C)(C)C. The van der Waals surface area contributed by atoms with Crippen LogP contribution in [0.1, 0.15) is 47.1 Å². The van der Waals surface area contributed by atoms with Gasteiger partial charge < -0.3 is 0 Å². The zero-order chi connectivity index (χ0) is 15.6. The summed E-state index contributed by atoms with van der Waals surface area (Å²) in [5.41, 5.74) is 0.597. The van der Waals surface area contributed by atoms with Crippen LogP contribution in [0, 0.1) is 6.92 Å². The molecular weight excluding hydrogens is 273 g/mol. The van der Waals surface area contributed by atoms with E-state index >= 15 is 0 Å². The van der Waals surface area contributed by atoms with Gasteiger partial charge in [-0.25, -0.2) is 4.57 Å². The summed E-state index contributed by atoms with van der Waals surface area (Å²) >= 11 is 0. The van der Waals surface area contributed by atoms with Crippen LogP contribution >= 0.6 is 7.75 Å². The Hall–Kier alpha value is -0.830. The van der Waals surface area contributed by atoms with Crippen LogP contribution in [-0.4, -0.2) is 11.2 Å². The van der Waals surface area contributed by atoms with E-state index in [9.17, 15) is 4.57 Å². The van der Waals surface area contributed by atoms with E-state index in [1.54, 1.807) is 0 Å². The minimum Gasteiger partial charge on any atom is -0.293 e. The molecule has 0 atom stereocenters. The third-order valence-electron chi connectivity index (χ3n) is 2.19. The molecule has 0 heterocycles. The number of anilines is 1. The monoisotopic (exact) mass is 299 g/mol. The fourth-order valence-electron chi connectivity index (χ4n) is 1.63. The largest absolute Gasteiger partial charge is 0.433 e. The molecule has 0 saturated carbocycles. The number of hydrogen-bond donors (Lipinski definition) is 1. The Morgan fingerprint density at radius 2 is 1.40 bits per heavy atom. The Morgan fingerprint density at radius 1 is 0.950 bits per heavy atom. The Bertz CT molecular complexity index is 481. The van der Waals surface area contributed by atoms with Crippen LogP contribution < -0.4 is 5.09 Å². The quantitative estimate of drug-likeness (QED) is 0.781. The molecule has 1 rings (SSSR count). The lowest BCUT2D eigenvalue weighted by Crippen LogP contribution is -2.26. The first-order valence-corrected chi connectivity index (χ1v) is 8.30. The van der Waals surface area contributed by atoms with Crippen LogP contribution in [-0.2, 0) is 13.6 Å². The average Bonchev–Trinajstić information content (AvgIpc) is 2.15. The highest BCUT2D eigenvalue weighted by molar-refractivity contribution is 7.55. The molecule has 0 radical (unpaired) electrons. The molecular formula is C15H26NO3P. The summed E-state index contributed by atoms with van der Waals surface area (Å²) in [6, 6.07) is 7.62. The van der Waals surface area contributed by atoms with Crippen molar-refractivity contribution in [2.75, 3.05) is 5.09 Å². The van der Waals surface area contributed by atoms with Crippen molar-refractivity contribution in [1.29, 1.82) is 0 Å². The molecule has 1 aromatic rings. The second kappa shape index (κ2) is 5.88. The molecule has 0 bridgehead atoms. The van der Waals surface area contributed by atoms with E-state index in [1.165, 1.54) is 0 Å². The molecule has 0 saturated heterocycles. The molecule has 5 heteroatoms. The number of benzene rings is 1. The smallest absolute Gasteiger partial charge is 0.293 e. The number of rotatable bonds is 4. The summed E-state index contributed by atoms with van der Waals surface area (Å²) in [4.78, 5) is 0. The Kier molecular flexibility index (Phi) is 5.07. The lowest BCUT2D eigenvalue weighted by atomic mass is 10.2. The van der Waals surface area contributed by atoms with Crippen LogP contribution in [0.25, 0.3) is 0 Å². The molecule has 0 aliphatic carbocycles. The fourth-order valence-corrected chi connectivity index (χ4v) is 3.75. The molecule has 0 spiro atoms. The van der Waals surface area contributed by atoms with E-state index in [4.69, 9.17) is 9.05 Å². The van der Waals surface area contributed by atoms with Crippen molar-refractivity contribution in [3.63, 3.8) is 0 Å². The number of hydrogen-bond acceptors (Lipinski definition) is 3. The zero-order valence-corrected chi connectivity index (χ0v) is 14.4. The number of para-hydroxylation sites is 1. The second-order valence-corrected chi connectivity index (χ2v) is 8.42. The van der Waals surface area contributed by atoms with Crippen molar-refractivity contribution in [1.82, 2.24) is 0 Å². The highest BCUT2D eigenvalue weighted by atomic mass is 31.2. The molecule has 20 heavy (non-hydrogen) atoms. The molecule has 0 fully saturated rings. The Morgan fingerprint density at radius 3 is 1.80 bits per heavy atom. The van der Waals surface area contributed by atoms with Gasteiger partial charge in [-0.1, -0.05) is 18.2 Å². The number of aryl methyl sites for hydroxylation is 1. The zero-order valence-electron chi connectivity index (χ0n) is 13.5. The first kappa shape index (κ1) is 17.2. The first-order chi connectivity index (χ1) is 8.90. The molecule has 0 unspecified atom stereocenters.